The Morgan fingerprint density at radius 2 is 2.00 bits per heavy atom. The van der Waals surface area contributed by atoms with Crippen LogP contribution in [0.3, 0.4) is 0 Å². The highest BCUT2D eigenvalue weighted by Crippen LogP contribution is 2.10. The van der Waals surface area contributed by atoms with Crippen LogP contribution in [0.2, 0.25) is 0 Å². The van der Waals surface area contributed by atoms with Gasteiger partial charge in [0.05, 0.1) is 6.61 Å². The highest BCUT2D eigenvalue weighted by molar-refractivity contribution is 5.30. The summed E-state index contributed by atoms with van der Waals surface area (Å²) in [7, 11) is 0. The Kier molecular flexibility index (Phi) is 2.66. The molecule has 0 N–H and O–H groups in total. The summed E-state index contributed by atoms with van der Waals surface area (Å²) < 4.78 is 0. The van der Waals surface area contributed by atoms with Crippen LogP contribution < -0.4 is 0 Å². The maximum Gasteiger partial charge on any atom is 0.0862 e. The van der Waals surface area contributed by atoms with E-state index in [4.69, 9.17) is 0 Å². The topological polar surface area (TPSA) is 19.9 Å². The van der Waals surface area contributed by atoms with Gasteiger partial charge in [-0.1, -0.05) is 23.8 Å². The summed E-state index contributed by atoms with van der Waals surface area (Å²) in [6.07, 6.45) is 0.659. The minimum atomic E-state index is -0.0100. The molecule has 0 heterocycles. The van der Waals surface area contributed by atoms with Crippen molar-refractivity contribution >= 4 is 0 Å². The van der Waals surface area contributed by atoms with E-state index in [-0.39, 0.29) is 6.61 Å². The van der Waals surface area contributed by atoms with Crippen molar-refractivity contribution in [3.05, 3.63) is 34.9 Å². The van der Waals surface area contributed by atoms with Crippen molar-refractivity contribution in [3.8, 4) is 0 Å². The van der Waals surface area contributed by atoms with E-state index in [1.54, 1.807) is 0 Å². The van der Waals surface area contributed by atoms with E-state index < -0.39 is 0 Å². The molecule has 1 nitrogen and oxygen atoms in total. The van der Waals surface area contributed by atoms with Gasteiger partial charge in [-0.3, -0.25) is 0 Å². The van der Waals surface area contributed by atoms with E-state index >= 15 is 0 Å². The van der Waals surface area contributed by atoms with E-state index in [0.29, 0.717) is 6.42 Å². The molecular weight excluding hydrogens is 136 g/mol. The average molecular weight is 149 g/mol. The van der Waals surface area contributed by atoms with Gasteiger partial charge in [0, 0.05) is 0 Å². The van der Waals surface area contributed by atoms with Crippen LogP contribution in [-0.4, -0.2) is 6.61 Å². The number of hydrogen-bond acceptors (Lipinski definition) is 0. The Hall–Kier alpha value is -0.820. The molecular formula is C10H13O. The molecule has 0 spiro atoms. The van der Waals surface area contributed by atoms with Gasteiger partial charge in [-0.25, -0.2) is 5.11 Å². The molecule has 1 aromatic rings. The predicted molar refractivity (Wildman–Crippen MR) is 45.2 cm³/mol. The third-order valence-electron chi connectivity index (χ3n) is 1.87. The van der Waals surface area contributed by atoms with Gasteiger partial charge in [0.2, 0.25) is 0 Å². The lowest BCUT2D eigenvalue weighted by Gasteiger charge is -2.03. The molecule has 0 saturated carbocycles. The summed E-state index contributed by atoms with van der Waals surface area (Å²) in [5, 5.41) is 10.3. The lowest BCUT2D eigenvalue weighted by atomic mass is 10.0. The Balaban J connectivity index is 2.90. The second-order valence-electron chi connectivity index (χ2n) is 2.88. The summed E-state index contributed by atoms with van der Waals surface area (Å²) in [5.74, 6) is 0. The first kappa shape index (κ1) is 8.28. The Morgan fingerprint density at radius 3 is 2.55 bits per heavy atom. The third-order valence-corrected chi connectivity index (χ3v) is 1.87. The van der Waals surface area contributed by atoms with Crippen LogP contribution >= 0.6 is 0 Å². The van der Waals surface area contributed by atoms with Gasteiger partial charge in [-0.2, -0.15) is 0 Å². The summed E-state index contributed by atoms with van der Waals surface area (Å²) in [6, 6.07) is 6.21. The zero-order chi connectivity index (χ0) is 8.27. The Labute approximate surface area is 67.7 Å². The van der Waals surface area contributed by atoms with Crippen LogP contribution in [0.1, 0.15) is 16.7 Å². The van der Waals surface area contributed by atoms with Crippen LogP contribution in [-0.2, 0) is 11.5 Å². The van der Waals surface area contributed by atoms with Gasteiger partial charge in [0.25, 0.3) is 0 Å². The quantitative estimate of drug-likeness (QED) is 0.614. The lowest BCUT2D eigenvalue weighted by Crippen LogP contribution is -1.92. The summed E-state index contributed by atoms with van der Waals surface area (Å²) in [6.45, 7) is 4.11. The summed E-state index contributed by atoms with van der Waals surface area (Å²) >= 11 is 0. The molecule has 1 aromatic carbocycles. The SMILES string of the molecule is Cc1ccc(CC[O])c(C)c1. The van der Waals surface area contributed by atoms with Crippen LogP contribution in [0.4, 0.5) is 0 Å². The van der Waals surface area contributed by atoms with Gasteiger partial charge >= 0.3 is 0 Å². The zero-order valence-corrected chi connectivity index (χ0v) is 7.05. The van der Waals surface area contributed by atoms with Crippen molar-refractivity contribution in [2.24, 2.45) is 0 Å². The minimum Gasteiger partial charge on any atom is -0.236 e. The Bertz CT molecular complexity index is 241. The normalized spacial score (nSPS) is 10.1. The molecule has 0 bridgehead atoms. The zero-order valence-electron chi connectivity index (χ0n) is 7.05. The molecule has 0 atom stereocenters. The van der Waals surface area contributed by atoms with E-state index in [1.807, 2.05) is 6.07 Å². The molecule has 0 aliphatic heterocycles. The van der Waals surface area contributed by atoms with Crippen LogP contribution in [0, 0.1) is 13.8 Å². The minimum absolute atomic E-state index is 0.0100. The van der Waals surface area contributed by atoms with Crippen LogP contribution in [0.25, 0.3) is 0 Å². The summed E-state index contributed by atoms with van der Waals surface area (Å²) in [4.78, 5) is 0. The number of hydrogen-bond donors (Lipinski definition) is 0. The molecule has 1 radical (unpaired) electrons. The monoisotopic (exact) mass is 149 g/mol. The first-order valence-corrected chi connectivity index (χ1v) is 3.88. The highest BCUT2D eigenvalue weighted by Gasteiger charge is 1.96. The van der Waals surface area contributed by atoms with Crippen molar-refractivity contribution in [3.63, 3.8) is 0 Å². The second kappa shape index (κ2) is 3.54. The fourth-order valence-electron chi connectivity index (χ4n) is 1.24. The third kappa shape index (κ3) is 2.05. The molecule has 0 aliphatic rings. The average Bonchev–Trinajstić information content (AvgIpc) is 1.95. The summed E-state index contributed by atoms with van der Waals surface area (Å²) in [5.41, 5.74) is 3.68. The fraction of sp³-hybridized carbons (Fsp3) is 0.400. The smallest absolute Gasteiger partial charge is 0.0862 e. The molecule has 0 saturated heterocycles. The number of benzene rings is 1. The van der Waals surface area contributed by atoms with Gasteiger partial charge in [0.1, 0.15) is 0 Å². The van der Waals surface area contributed by atoms with E-state index in [1.165, 1.54) is 16.7 Å². The Morgan fingerprint density at radius 1 is 1.27 bits per heavy atom. The molecule has 59 valence electrons. The predicted octanol–water partition coefficient (Wildman–Crippen LogP) is 2.28. The molecule has 1 heteroatoms. The molecule has 1 rings (SSSR count). The van der Waals surface area contributed by atoms with Crippen LogP contribution in [0.15, 0.2) is 18.2 Å². The maximum absolute atomic E-state index is 10.3. The van der Waals surface area contributed by atoms with E-state index in [0.717, 1.165) is 0 Å². The van der Waals surface area contributed by atoms with Crippen molar-refractivity contribution in [2.75, 3.05) is 6.61 Å². The highest BCUT2D eigenvalue weighted by atomic mass is 16.2. The standard InChI is InChI=1S/C10H13O/c1-8-3-4-10(5-6-11)9(2)7-8/h3-4,7H,5-6H2,1-2H3. The van der Waals surface area contributed by atoms with Gasteiger partial charge in [-0.05, 0) is 31.4 Å². The lowest BCUT2D eigenvalue weighted by molar-refractivity contribution is 0.197. The first-order valence-electron chi connectivity index (χ1n) is 3.88. The fourth-order valence-corrected chi connectivity index (χ4v) is 1.24. The molecule has 0 unspecified atom stereocenters. The van der Waals surface area contributed by atoms with Crippen molar-refractivity contribution < 1.29 is 5.11 Å². The van der Waals surface area contributed by atoms with Gasteiger partial charge in [-0.15, -0.1) is 0 Å². The molecule has 11 heavy (non-hydrogen) atoms. The maximum atomic E-state index is 10.3. The number of rotatable bonds is 2. The number of aryl methyl sites for hydroxylation is 2. The molecule has 0 aliphatic carbocycles. The van der Waals surface area contributed by atoms with Crippen molar-refractivity contribution in [1.82, 2.24) is 0 Å². The first-order chi connectivity index (χ1) is 5.24. The van der Waals surface area contributed by atoms with Crippen molar-refractivity contribution in [1.29, 1.82) is 0 Å². The van der Waals surface area contributed by atoms with Crippen LogP contribution in [0.5, 0.6) is 0 Å². The van der Waals surface area contributed by atoms with E-state index in [9.17, 15) is 5.11 Å². The largest absolute Gasteiger partial charge is 0.236 e. The molecule has 0 fully saturated rings. The molecule has 0 aromatic heterocycles. The van der Waals surface area contributed by atoms with E-state index in [2.05, 4.69) is 26.0 Å². The van der Waals surface area contributed by atoms with Gasteiger partial charge < -0.3 is 0 Å². The second-order valence-corrected chi connectivity index (χ2v) is 2.88. The van der Waals surface area contributed by atoms with Crippen molar-refractivity contribution in [2.45, 2.75) is 20.3 Å². The molecule has 0 amide bonds. The van der Waals surface area contributed by atoms with Gasteiger partial charge in [0.15, 0.2) is 0 Å².